The van der Waals surface area contributed by atoms with Gasteiger partial charge in [-0.1, -0.05) is 0 Å². The van der Waals surface area contributed by atoms with Crippen molar-refractivity contribution in [3.05, 3.63) is 22.8 Å². The molecule has 1 atom stereocenters. The molecule has 1 fully saturated rings. The van der Waals surface area contributed by atoms with Crippen LogP contribution < -0.4 is 4.90 Å². The van der Waals surface area contributed by atoms with Crippen LogP contribution in [0.1, 0.15) is 12.8 Å². The van der Waals surface area contributed by atoms with E-state index in [0.29, 0.717) is 6.61 Å². The van der Waals surface area contributed by atoms with Crippen LogP contribution in [0.15, 0.2) is 22.8 Å². The highest BCUT2D eigenvalue weighted by atomic mass is 79.9. The number of halogens is 1. The molecule has 0 spiro atoms. The van der Waals surface area contributed by atoms with Gasteiger partial charge in [0.25, 0.3) is 0 Å². The second kappa shape index (κ2) is 6.33. The fourth-order valence-corrected chi connectivity index (χ4v) is 2.29. The van der Waals surface area contributed by atoms with Crippen molar-refractivity contribution in [2.75, 3.05) is 31.2 Å². The minimum Gasteiger partial charge on any atom is -0.394 e. The summed E-state index contributed by atoms with van der Waals surface area (Å²) < 4.78 is 6.57. The number of nitrogens with zero attached hydrogens (tertiary/aromatic N) is 2. The molecule has 4 nitrogen and oxygen atoms in total. The molecule has 94 valence electrons. The van der Waals surface area contributed by atoms with Crippen LogP contribution in [0, 0.1) is 0 Å². The molecular formula is C12H17BrN2O2. The zero-order valence-corrected chi connectivity index (χ0v) is 11.3. The Morgan fingerprint density at radius 2 is 2.41 bits per heavy atom. The summed E-state index contributed by atoms with van der Waals surface area (Å²) in [4.78, 5) is 6.62. The van der Waals surface area contributed by atoms with E-state index in [-0.39, 0.29) is 12.7 Å². The van der Waals surface area contributed by atoms with E-state index in [1.54, 1.807) is 0 Å². The van der Waals surface area contributed by atoms with Crippen molar-refractivity contribution in [1.29, 1.82) is 0 Å². The predicted octanol–water partition coefficient (Wildman–Crippen LogP) is 1.82. The summed E-state index contributed by atoms with van der Waals surface area (Å²) in [5.74, 6) is 0.991. The molecule has 2 heterocycles. The van der Waals surface area contributed by atoms with Gasteiger partial charge in [0, 0.05) is 23.8 Å². The fraction of sp³-hybridized carbons (Fsp3) is 0.583. The molecule has 5 heteroatoms. The molecule has 0 radical (unpaired) electrons. The summed E-state index contributed by atoms with van der Waals surface area (Å²) >= 11 is 3.38. The zero-order chi connectivity index (χ0) is 12.1. The first-order valence-electron chi connectivity index (χ1n) is 5.88. The van der Waals surface area contributed by atoms with Crippen molar-refractivity contribution in [3.63, 3.8) is 0 Å². The van der Waals surface area contributed by atoms with E-state index in [4.69, 9.17) is 9.84 Å². The van der Waals surface area contributed by atoms with Gasteiger partial charge in [0.2, 0.25) is 0 Å². The Hall–Kier alpha value is -0.650. The molecule has 1 aromatic heterocycles. The third kappa shape index (κ3) is 3.66. The molecule has 1 aliphatic heterocycles. The molecule has 0 unspecified atom stereocenters. The van der Waals surface area contributed by atoms with E-state index < -0.39 is 0 Å². The topological polar surface area (TPSA) is 45.6 Å². The molecule has 1 aliphatic rings. The lowest BCUT2D eigenvalue weighted by atomic mass is 10.1. The van der Waals surface area contributed by atoms with E-state index in [9.17, 15) is 0 Å². The SMILES string of the molecule is OCCO[C@H]1CCCN(c2ccc(Br)cn2)C1. The normalized spacial score (nSPS) is 20.6. The third-order valence-corrected chi connectivity index (χ3v) is 3.33. The highest BCUT2D eigenvalue weighted by molar-refractivity contribution is 9.10. The van der Waals surface area contributed by atoms with Gasteiger partial charge in [-0.3, -0.25) is 0 Å². The summed E-state index contributed by atoms with van der Waals surface area (Å²) in [7, 11) is 0. The van der Waals surface area contributed by atoms with Gasteiger partial charge in [-0.15, -0.1) is 0 Å². The molecule has 1 saturated heterocycles. The van der Waals surface area contributed by atoms with Crippen molar-refractivity contribution in [2.45, 2.75) is 18.9 Å². The van der Waals surface area contributed by atoms with E-state index in [1.165, 1.54) is 0 Å². The van der Waals surface area contributed by atoms with Gasteiger partial charge in [0.15, 0.2) is 0 Å². The smallest absolute Gasteiger partial charge is 0.128 e. The second-order valence-electron chi connectivity index (χ2n) is 4.14. The van der Waals surface area contributed by atoms with Crippen molar-refractivity contribution >= 4 is 21.7 Å². The molecule has 1 aromatic rings. The summed E-state index contributed by atoms with van der Waals surface area (Å²) in [6.45, 7) is 2.39. The van der Waals surface area contributed by atoms with E-state index >= 15 is 0 Å². The number of aliphatic hydroxyl groups excluding tert-OH is 1. The van der Waals surface area contributed by atoms with Crippen LogP contribution in [-0.4, -0.2) is 42.5 Å². The fourth-order valence-electron chi connectivity index (χ4n) is 2.06. The van der Waals surface area contributed by atoms with E-state index in [2.05, 4.69) is 25.8 Å². The Balaban J connectivity index is 1.94. The van der Waals surface area contributed by atoms with Crippen LogP contribution in [0.25, 0.3) is 0 Å². The minimum atomic E-state index is 0.0903. The molecule has 0 aromatic carbocycles. The van der Waals surface area contributed by atoms with Crippen LogP contribution >= 0.6 is 15.9 Å². The van der Waals surface area contributed by atoms with Crippen molar-refractivity contribution in [2.24, 2.45) is 0 Å². The van der Waals surface area contributed by atoms with Crippen molar-refractivity contribution < 1.29 is 9.84 Å². The summed E-state index contributed by atoms with van der Waals surface area (Å²) in [5.41, 5.74) is 0. The first kappa shape index (κ1) is 12.8. The maximum Gasteiger partial charge on any atom is 0.128 e. The van der Waals surface area contributed by atoms with Crippen molar-refractivity contribution in [1.82, 2.24) is 4.98 Å². The van der Waals surface area contributed by atoms with Crippen LogP contribution in [0.5, 0.6) is 0 Å². The first-order valence-corrected chi connectivity index (χ1v) is 6.68. The maximum absolute atomic E-state index is 8.75. The number of rotatable bonds is 4. The van der Waals surface area contributed by atoms with Crippen LogP contribution in [0.2, 0.25) is 0 Å². The molecule has 17 heavy (non-hydrogen) atoms. The molecule has 2 rings (SSSR count). The number of aromatic nitrogens is 1. The van der Waals surface area contributed by atoms with Gasteiger partial charge in [-0.25, -0.2) is 4.98 Å². The average molecular weight is 301 g/mol. The van der Waals surface area contributed by atoms with Gasteiger partial charge in [-0.2, -0.15) is 0 Å². The highest BCUT2D eigenvalue weighted by Crippen LogP contribution is 2.20. The van der Waals surface area contributed by atoms with Gasteiger partial charge in [-0.05, 0) is 40.9 Å². The second-order valence-corrected chi connectivity index (χ2v) is 5.05. The van der Waals surface area contributed by atoms with Crippen LogP contribution in [-0.2, 0) is 4.74 Å². The standard InChI is InChI=1S/C12H17BrN2O2/c13-10-3-4-12(14-8-10)15-5-1-2-11(9-15)17-7-6-16/h3-4,8,11,16H,1-2,5-7,9H2/t11-/m0/s1. The first-order chi connectivity index (χ1) is 8.29. The Morgan fingerprint density at radius 3 is 3.12 bits per heavy atom. The third-order valence-electron chi connectivity index (χ3n) is 2.86. The molecule has 1 N–H and O–H groups in total. The predicted molar refractivity (Wildman–Crippen MR) is 70.2 cm³/mol. The molecule has 0 amide bonds. The molecular weight excluding hydrogens is 284 g/mol. The number of hydrogen-bond donors (Lipinski definition) is 1. The summed E-state index contributed by atoms with van der Waals surface area (Å²) in [6.07, 6.45) is 4.19. The summed E-state index contributed by atoms with van der Waals surface area (Å²) in [6, 6.07) is 4.01. The number of ether oxygens (including phenoxy) is 1. The Bertz CT molecular complexity index is 345. The lowest BCUT2D eigenvalue weighted by molar-refractivity contribution is 0.0213. The molecule has 0 bridgehead atoms. The average Bonchev–Trinajstić information content (AvgIpc) is 2.37. The van der Waals surface area contributed by atoms with Gasteiger partial charge >= 0.3 is 0 Å². The number of pyridine rings is 1. The van der Waals surface area contributed by atoms with Crippen molar-refractivity contribution in [3.8, 4) is 0 Å². The highest BCUT2D eigenvalue weighted by Gasteiger charge is 2.21. The largest absolute Gasteiger partial charge is 0.394 e. The zero-order valence-electron chi connectivity index (χ0n) is 9.68. The number of piperidine rings is 1. The quantitative estimate of drug-likeness (QED) is 0.921. The number of hydrogen-bond acceptors (Lipinski definition) is 4. The van der Waals surface area contributed by atoms with Crippen LogP contribution in [0.3, 0.4) is 0 Å². The van der Waals surface area contributed by atoms with Gasteiger partial charge in [0.05, 0.1) is 19.3 Å². The summed E-state index contributed by atoms with van der Waals surface area (Å²) in [5, 5.41) is 8.75. The number of aliphatic hydroxyl groups is 1. The minimum absolute atomic E-state index is 0.0903. The lowest BCUT2D eigenvalue weighted by Gasteiger charge is -2.33. The Kier molecular flexibility index (Phi) is 4.76. The molecule has 0 saturated carbocycles. The Labute approximate surface area is 110 Å². The lowest BCUT2D eigenvalue weighted by Crippen LogP contribution is -2.40. The van der Waals surface area contributed by atoms with E-state index in [1.807, 2.05) is 18.3 Å². The van der Waals surface area contributed by atoms with Gasteiger partial charge in [0.1, 0.15) is 5.82 Å². The Morgan fingerprint density at radius 1 is 1.53 bits per heavy atom. The van der Waals surface area contributed by atoms with Gasteiger partial charge < -0.3 is 14.7 Å². The van der Waals surface area contributed by atoms with Crippen LogP contribution in [0.4, 0.5) is 5.82 Å². The maximum atomic E-state index is 8.75. The molecule has 0 aliphatic carbocycles. The number of anilines is 1. The van der Waals surface area contributed by atoms with E-state index in [0.717, 1.165) is 36.2 Å². The monoisotopic (exact) mass is 300 g/mol.